The van der Waals surface area contributed by atoms with Gasteiger partial charge in [0.15, 0.2) is 0 Å². The molecule has 0 aromatic heterocycles. The van der Waals surface area contributed by atoms with Gasteiger partial charge in [-0.25, -0.2) is 0 Å². The standard InChI is InChI=1S/C17H19NO2/c1-20-16-12-10-15(11-13-16)18-17(19)9-5-8-14-6-3-2-4-7-14/h2-4,6-7,10-13H,5,8-9H2,1H3,(H,18,19). The predicted molar refractivity (Wildman–Crippen MR) is 81.0 cm³/mol. The van der Waals surface area contributed by atoms with Crippen LogP contribution >= 0.6 is 0 Å². The van der Waals surface area contributed by atoms with Gasteiger partial charge in [-0.05, 0) is 42.7 Å². The molecule has 0 atom stereocenters. The van der Waals surface area contributed by atoms with E-state index < -0.39 is 0 Å². The number of carbonyl (C=O) groups excluding carboxylic acids is 1. The van der Waals surface area contributed by atoms with Gasteiger partial charge in [0.1, 0.15) is 5.75 Å². The van der Waals surface area contributed by atoms with Crippen LogP contribution in [0.25, 0.3) is 0 Å². The highest BCUT2D eigenvalue weighted by molar-refractivity contribution is 5.90. The fourth-order valence-electron chi connectivity index (χ4n) is 2.00. The van der Waals surface area contributed by atoms with E-state index >= 15 is 0 Å². The van der Waals surface area contributed by atoms with Crippen molar-refractivity contribution in [2.45, 2.75) is 19.3 Å². The lowest BCUT2D eigenvalue weighted by molar-refractivity contribution is -0.116. The normalized spacial score (nSPS) is 10.1. The predicted octanol–water partition coefficient (Wildman–Crippen LogP) is 3.66. The van der Waals surface area contributed by atoms with Crippen LogP contribution in [0.5, 0.6) is 5.75 Å². The Morgan fingerprint density at radius 1 is 1.05 bits per heavy atom. The van der Waals surface area contributed by atoms with Crippen molar-refractivity contribution >= 4 is 11.6 Å². The maximum atomic E-state index is 11.8. The Morgan fingerprint density at radius 3 is 2.40 bits per heavy atom. The molecule has 2 rings (SSSR count). The van der Waals surface area contributed by atoms with Gasteiger partial charge in [-0.3, -0.25) is 4.79 Å². The lowest BCUT2D eigenvalue weighted by atomic mass is 10.1. The summed E-state index contributed by atoms with van der Waals surface area (Å²) in [4.78, 5) is 11.8. The van der Waals surface area contributed by atoms with Crippen LogP contribution in [0.3, 0.4) is 0 Å². The molecule has 0 heterocycles. The van der Waals surface area contributed by atoms with Crippen LogP contribution in [0, 0.1) is 0 Å². The van der Waals surface area contributed by atoms with E-state index in [0.29, 0.717) is 6.42 Å². The van der Waals surface area contributed by atoms with Crippen molar-refractivity contribution in [3.05, 3.63) is 60.2 Å². The van der Waals surface area contributed by atoms with Crippen LogP contribution in [0.15, 0.2) is 54.6 Å². The molecule has 0 spiro atoms. The van der Waals surface area contributed by atoms with Gasteiger partial charge in [-0.1, -0.05) is 30.3 Å². The van der Waals surface area contributed by atoms with Gasteiger partial charge in [0, 0.05) is 12.1 Å². The lowest BCUT2D eigenvalue weighted by Gasteiger charge is -2.06. The molecule has 0 unspecified atom stereocenters. The molecule has 0 aliphatic carbocycles. The number of hydrogen-bond donors (Lipinski definition) is 1. The van der Waals surface area contributed by atoms with Gasteiger partial charge >= 0.3 is 0 Å². The van der Waals surface area contributed by atoms with Crippen LogP contribution in [0.4, 0.5) is 5.69 Å². The number of ether oxygens (including phenoxy) is 1. The number of amides is 1. The van der Waals surface area contributed by atoms with Gasteiger partial charge in [-0.2, -0.15) is 0 Å². The van der Waals surface area contributed by atoms with Crippen LogP contribution in [-0.2, 0) is 11.2 Å². The van der Waals surface area contributed by atoms with Gasteiger partial charge < -0.3 is 10.1 Å². The number of benzene rings is 2. The average molecular weight is 269 g/mol. The third kappa shape index (κ3) is 4.43. The van der Waals surface area contributed by atoms with Crippen molar-refractivity contribution in [2.24, 2.45) is 0 Å². The van der Waals surface area contributed by atoms with E-state index in [0.717, 1.165) is 24.3 Å². The molecule has 20 heavy (non-hydrogen) atoms. The molecule has 1 N–H and O–H groups in total. The quantitative estimate of drug-likeness (QED) is 0.869. The molecule has 0 saturated carbocycles. The van der Waals surface area contributed by atoms with Gasteiger partial charge in [-0.15, -0.1) is 0 Å². The maximum Gasteiger partial charge on any atom is 0.224 e. The largest absolute Gasteiger partial charge is 0.497 e. The van der Waals surface area contributed by atoms with Crippen LogP contribution in [0.2, 0.25) is 0 Å². The van der Waals surface area contributed by atoms with E-state index in [-0.39, 0.29) is 5.91 Å². The molecule has 0 bridgehead atoms. The second kappa shape index (κ2) is 7.34. The summed E-state index contributed by atoms with van der Waals surface area (Å²) in [6.07, 6.45) is 2.31. The fraction of sp³-hybridized carbons (Fsp3) is 0.235. The monoisotopic (exact) mass is 269 g/mol. The van der Waals surface area contributed by atoms with Crippen LogP contribution in [0.1, 0.15) is 18.4 Å². The van der Waals surface area contributed by atoms with E-state index in [9.17, 15) is 4.79 Å². The van der Waals surface area contributed by atoms with Crippen LogP contribution in [-0.4, -0.2) is 13.0 Å². The number of rotatable bonds is 6. The molecule has 0 radical (unpaired) electrons. The minimum Gasteiger partial charge on any atom is -0.497 e. The molecule has 3 nitrogen and oxygen atoms in total. The molecule has 2 aromatic carbocycles. The highest BCUT2D eigenvalue weighted by Gasteiger charge is 2.03. The number of aryl methyl sites for hydroxylation is 1. The fourth-order valence-corrected chi connectivity index (χ4v) is 2.00. The Kier molecular flexibility index (Phi) is 5.18. The third-order valence-electron chi connectivity index (χ3n) is 3.09. The molecule has 3 heteroatoms. The minimum atomic E-state index is 0.0473. The molecular weight excluding hydrogens is 250 g/mol. The smallest absolute Gasteiger partial charge is 0.224 e. The molecule has 104 valence electrons. The van der Waals surface area contributed by atoms with Crippen molar-refractivity contribution in [3.8, 4) is 5.75 Å². The number of anilines is 1. The summed E-state index contributed by atoms with van der Waals surface area (Å²) in [7, 11) is 1.62. The highest BCUT2D eigenvalue weighted by Crippen LogP contribution is 2.15. The first-order chi connectivity index (χ1) is 9.78. The summed E-state index contributed by atoms with van der Waals surface area (Å²) < 4.78 is 5.08. The number of hydrogen-bond acceptors (Lipinski definition) is 2. The summed E-state index contributed by atoms with van der Waals surface area (Å²) in [6, 6.07) is 17.6. The van der Waals surface area contributed by atoms with Gasteiger partial charge in [0.25, 0.3) is 0 Å². The zero-order chi connectivity index (χ0) is 14.2. The third-order valence-corrected chi connectivity index (χ3v) is 3.09. The van der Waals surface area contributed by atoms with E-state index in [2.05, 4.69) is 17.4 Å². The summed E-state index contributed by atoms with van der Waals surface area (Å²) >= 11 is 0. The Balaban J connectivity index is 1.74. The summed E-state index contributed by atoms with van der Waals surface area (Å²) in [5, 5.41) is 2.89. The van der Waals surface area contributed by atoms with Crippen molar-refractivity contribution < 1.29 is 9.53 Å². The molecular formula is C17H19NO2. The second-order valence-electron chi connectivity index (χ2n) is 4.62. The van der Waals surface area contributed by atoms with Gasteiger partial charge in [0.2, 0.25) is 5.91 Å². The SMILES string of the molecule is COc1ccc(NC(=O)CCCc2ccccc2)cc1. The van der Waals surface area contributed by atoms with E-state index in [1.54, 1.807) is 7.11 Å². The van der Waals surface area contributed by atoms with Crippen molar-refractivity contribution in [1.29, 1.82) is 0 Å². The number of nitrogens with one attached hydrogen (secondary N) is 1. The Labute approximate surface area is 119 Å². The van der Waals surface area contributed by atoms with Gasteiger partial charge in [0.05, 0.1) is 7.11 Å². The molecule has 2 aromatic rings. The topological polar surface area (TPSA) is 38.3 Å². The molecule has 0 aliphatic rings. The van der Waals surface area contributed by atoms with E-state index in [1.807, 2.05) is 42.5 Å². The van der Waals surface area contributed by atoms with Crippen molar-refractivity contribution in [3.63, 3.8) is 0 Å². The zero-order valence-electron chi connectivity index (χ0n) is 11.6. The first-order valence-corrected chi connectivity index (χ1v) is 6.76. The first kappa shape index (κ1) is 14.1. The Morgan fingerprint density at radius 2 is 1.75 bits per heavy atom. The minimum absolute atomic E-state index is 0.0473. The average Bonchev–Trinajstić information content (AvgIpc) is 2.49. The number of methoxy groups -OCH3 is 1. The lowest BCUT2D eigenvalue weighted by Crippen LogP contribution is -2.11. The summed E-state index contributed by atoms with van der Waals surface area (Å²) in [5.74, 6) is 0.832. The molecule has 0 aliphatic heterocycles. The molecule has 1 amide bonds. The molecule has 0 saturated heterocycles. The number of carbonyl (C=O) groups is 1. The Bertz CT molecular complexity index is 535. The Hall–Kier alpha value is -2.29. The van der Waals surface area contributed by atoms with E-state index in [1.165, 1.54) is 5.56 Å². The van der Waals surface area contributed by atoms with Crippen molar-refractivity contribution in [2.75, 3.05) is 12.4 Å². The van der Waals surface area contributed by atoms with Crippen LogP contribution < -0.4 is 10.1 Å². The molecule has 0 fully saturated rings. The highest BCUT2D eigenvalue weighted by atomic mass is 16.5. The zero-order valence-corrected chi connectivity index (χ0v) is 11.6. The maximum absolute atomic E-state index is 11.8. The summed E-state index contributed by atoms with van der Waals surface area (Å²) in [6.45, 7) is 0. The first-order valence-electron chi connectivity index (χ1n) is 6.76. The summed E-state index contributed by atoms with van der Waals surface area (Å²) in [5.41, 5.74) is 2.07. The second-order valence-corrected chi connectivity index (χ2v) is 4.62. The van der Waals surface area contributed by atoms with Crippen molar-refractivity contribution in [1.82, 2.24) is 0 Å². The van der Waals surface area contributed by atoms with E-state index in [4.69, 9.17) is 4.74 Å².